The molecule has 2 rings (SSSR count). The fourth-order valence-corrected chi connectivity index (χ4v) is 2.14. The number of carbonyl (C=O) groups is 3. The normalized spacial score (nSPS) is 11.3. The fourth-order valence-electron chi connectivity index (χ4n) is 2.14. The highest BCUT2D eigenvalue weighted by Crippen LogP contribution is 2.12. The molecule has 0 aliphatic heterocycles. The molecule has 136 valence electrons. The number of amides is 2. The third-order valence-corrected chi connectivity index (χ3v) is 3.45. The van der Waals surface area contributed by atoms with Gasteiger partial charge in [-0.3, -0.25) is 9.59 Å². The van der Waals surface area contributed by atoms with Gasteiger partial charge in [0.15, 0.2) is 6.10 Å². The number of benzene rings is 2. The van der Waals surface area contributed by atoms with Crippen LogP contribution in [0.1, 0.15) is 29.8 Å². The molecule has 0 unspecified atom stereocenters. The second kappa shape index (κ2) is 8.75. The molecular formula is C19H19FN2O4. The Bertz CT molecular complexity index is 805. The largest absolute Gasteiger partial charge is 0.449 e. The van der Waals surface area contributed by atoms with Gasteiger partial charge in [0, 0.05) is 19.2 Å². The molecule has 0 saturated carbocycles. The van der Waals surface area contributed by atoms with Gasteiger partial charge in [0.25, 0.3) is 5.91 Å². The van der Waals surface area contributed by atoms with Crippen molar-refractivity contribution in [2.24, 2.45) is 0 Å². The molecule has 2 aromatic carbocycles. The van der Waals surface area contributed by atoms with Crippen LogP contribution in [0.15, 0.2) is 48.5 Å². The summed E-state index contributed by atoms with van der Waals surface area (Å²) in [6.07, 6.45) is -1.01. The Morgan fingerprint density at radius 2 is 1.81 bits per heavy atom. The molecule has 6 nitrogen and oxygen atoms in total. The maximum absolute atomic E-state index is 12.8. The number of halogens is 1. The van der Waals surface area contributed by atoms with Crippen molar-refractivity contribution >= 4 is 23.5 Å². The Kier molecular flexibility index (Phi) is 6.43. The van der Waals surface area contributed by atoms with Gasteiger partial charge in [0.2, 0.25) is 5.91 Å². The number of hydrogen-bond donors (Lipinski definition) is 2. The highest BCUT2D eigenvalue weighted by molar-refractivity contribution is 5.95. The van der Waals surface area contributed by atoms with Crippen molar-refractivity contribution in [2.75, 3.05) is 5.32 Å². The molecule has 0 fully saturated rings. The minimum Gasteiger partial charge on any atom is -0.449 e. The molecule has 26 heavy (non-hydrogen) atoms. The number of rotatable bonds is 6. The van der Waals surface area contributed by atoms with Crippen molar-refractivity contribution in [1.82, 2.24) is 5.32 Å². The molecule has 0 spiro atoms. The van der Waals surface area contributed by atoms with Crippen LogP contribution in [0.5, 0.6) is 0 Å². The Labute approximate surface area is 150 Å². The molecule has 0 aliphatic carbocycles. The standard InChI is InChI=1S/C19H19FN2O4/c1-12(18(24)21-11-14-6-8-16(20)9-7-14)26-19(25)15-4-3-5-17(10-15)22-13(2)23/h3-10,12H,11H2,1-2H3,(H,21,24)(H,22,23)/t12-/m1/s1. The summed E-state index contributed by atoms with van der Waals surface area (Å²) >= 11 is 0. The molecule has 1 atom stereocenters. The van der Waals surface area contributed by atoms with Crippen LogP contribution in [0.4, 0.5) is 10.1 Å². The lowest BCUT2D eigenvalue weighted by Crippen LogP contribution is -2.35. The van der Waals surface area contributed by atoms with Crippen LogP contribution in [-0.2, 0) is 20.9 Å². The van der Waals surface area contributed by atoms with Gasteiger partial charge in [0.1, 0.15) is 5.82 Å². The smallest absolute Gasteiger partial charge is 0.338 e. The van der Waals surface area contributed by atoms with Crippen LogP contribution in [0.25, 0.3) is 0 Å². The summed E-state index contributed by atoms with van der Waals surface area (Å²) in [6, 6.07) is 11.9. The minimum absolute atomic E-state index is 0.193. The van der Waals surface area contributed by atoms with Crippen molar-refractivity contribution in [3.63, 3.8) is 0 Å². The first kappa shape index (κ1) is 19.1. The van der Waals surface area contributed by atoms with E-state index in [1.807, 2.05) is 0 Å². The lowest BCUT2D eigenvalue weighted by atomic mass is 10.2. The van der Waals surface area contributed by atoms with Gasteiger partial charge < -0.3 is 15.4 Å². The van der Waals surface area contributed by atoms with E-state index >= 15 is 0 Å². The molecule has 0 aliphatic rings. The number of carbonyl (C=O) groups excluding carboxylic acids is 3. The van der Waals surface area contributed by atoms with Gasteiger partial charge in [-0.05, 0) is 42.8 Å². The SMILES string of the molecule is CC(=O)Nc1cccc(C(=O)O[C@H](C)C(=O)NCc2ccc(F)cc2)c1. The molecule has 2 N–H and O–H groups in total. The van der Waals surface area contributed by atoms with Crippen LogP contribution < -0.4 is 10.6 Å². The lowest BCUT2D eigenvalue weighted by Gasteiger charge is -2.14. The summed E-state index contributed by atoms with van der Waals surface area (Å²) in [6.45, 7) is 3.01. The van der Waals surface area contributed by atoms with Crippen LogP contribution >= 0.6 is 0 Å². The number of hydrogen-bond acceptors (Lipinski definition) is 4. The Balaban J connectivity index is 1.90. The third-order valence-electron chi connectivity index (χ3n) is 3.45. The second-order valence-electron chi connectivity index (χ2n) is 5.65. The van der Waals surface area contributed by atoms with Crippen molar-refractivity contribution in [2.45, 2.75) is 26.5 Å². The van der Waals surface area contributed by atoms with E-state index in [-0.39, 0.29) is 23.8 Å². The van der Waals surface area contributed by atoms with E-state index < -0.39 is 18.0 Å². The number of ether oxygens (including phenoxy) is 1. The van der Waals surface area contributed by atoms with Gasteiger partial charge in [-0.1, -0.05) is 18.2 Å². The zero-order valence-electron chi connectivity index (χ0n) is 14.4. The quantitative estimate of drug-likeness (QED) is 0.778. The van der Waals surface area contributed by atoms with Gasteiger partial charge >= 0.3 is 5.97 Å². The summed E-state index contributed by atoms with van der Waals surface area (Å²) in [5.74, 6) is -1.77. The Hall–Kier alpha value is -3.22. The molecule has 0 aromatic heterocycles. The average Bonchev–Trinajstić information content (AvgIpc) is 2.60. The van der Waals surface area contributed by atoms with Crippen LogP contribution in [-0.4, -0.2) is 23.9 Å². The predicted octanol–water partition coefficient (Wildman–Crippen LogP) is 2.65. The number of esters is 1. The summed E-state index contributed by atoms with van der Waals surface area (Å²) < 4.78 is 18.0. The minimum atomic E-state index is -1.01. The molecular weight excluding hydrogens is 339 g/mol. The van der Waals surface area contributed by atoms with E-state index in [2.05, 4.69) is 10.6 Å². The Morgan fingerprint density at radius 1 is 1.12 bits per heavy atom. The molecule has 2 amide bonds. The summed E-state index contributed by atoms with van der Waals surface area (Å²) in [5, 5.41) is 5.18. The van der Waals surface area contributed by atoms with Crippen molar-refractivity contribution in [1.29, 1.82) is 0 Å². The monoisotopic (exact) mass is 358 g/mol. The van der Waals surface area contributed by atoms with Gasteiger partial charge in [0.05, 0.1) is 5.56 Å². The molecule has 0 radical (unpaired) electrons. The molecule has 0 saturated heterocycles. The van der Waals surface area contributed by atoms with Crippen LogP contribution in [0.3, 0.4) is 0 Å². The maximum Gasteiger partial charge on any atom is 0.338 e. The number of anilines is 1. The number of nitrogens with one attached hydrogen (secondary N) is 2. The molecule has 2 aromatic rings. The zero-order valence-corrected chi connectivity index (χ0v) is 14.4. The van der Waals surface area contributed by atoms with Gasteiger partial charge in [-0.2, -0.15) is 0 Å². The van der Waals surface area contributed by atoms with Crippen molar-refractivity contribution in [3.05, 3.63) is 65.5 Å². The van der Waals surface area contributed by atoms with Crippen LogP contribution in [0, 0.1) is 5.82 Å². The van der Waals surface area contributed by atoms with Crippen molar-refractivity contribution < 1.29 is 23.5 Å². The highest BCUT2D eigenvalue weighted by atomic mass is 19.1. The fraction of sp³-hybridized carbons (Fsp3) is 0.211. The van der Waals surface area contributed by atoms with Crippen molar-refractivity contribution in [3.8, 4) is 0 Å². The van der Waals surface area contributed by atoms with Crippen LogP contribution in [0.2, 0.25) is 0 Å². The molecule has 0 heterocycles. The summed E-state index contributed by atoms with van der Waals surface area (Å²) in [5.41, 5.74) is 1.40. The van der Waals surface area contributed by atoms with E-state index in [1.54, 1.807) is 24.3 Å². The second-order valence-corrected chi connectivity index (χ2v) is 5.65. The van der Waals surface area contributed by atoms with E-state index in [9.17, 15) is 18.8 Å². The highest BCUT2D eigenvalue weighted by Gasteiger charge is 2.19. The topological polar surface area (TPSA) is 84.5 Å². The van der Waals surface area contributed by atoms with E-state index in [1.165, 1.54) is 38.1 Å². The van der Waals surface area contributed by atoms with E-state index in [0.717, 1.165) is 5.56 Å². The Morgan fingerprint density at radius 3 is 2.46 bits per heavy atom. The zero-order chi connectivity index (χ0) is 19.1. The maximum atomic E-state index is 12.8. The summed E-state index contributed by atoms with van der Waals surface area (Å²) in [7, 11) is 0. The van der Waals surface area contributed by atoms with E-state index in [4.69, 9.17) is 4.74 Å². The predicted molar refractivity (Wildman–Crippen MR) is 93.9 cm³/mol. The van der Waals surface area contributed by atoms with E-state index in [0.29, 0.717) is 5.69 Å². The average molecular weight is 358 g/mol. The molecule has 0 bridgehead atoms. The summed E-state index contributed by atoms with van der Waals surface area (Å²) in [4.78, 5) is 35.3. The molecule has 7 heteroatoms. The lowest BCUT2D eigenvalue weighted by molar-refractivity contribution is -0.129. The van der Waals surface area contributed by atoms with Gasteiger partial charge in [-0.15, -0.1) is 0 Å². The first-order valence-corrected chi connectivity index (χ1v) is 7.96. The first-order chi connectivity index (χ1) is 12.3. The third kappa shape index (κ3) is 5.70. The first-order valence-electron chi connectivity index (χ1n) is 7.96. The van der Waals surface area contributed by atoms with Gasteiger partial charge in [-0.25, -0.2) is 9.18 Å².